The number of rotatable bonds is 5. The SMILES string of the molecule is CC(C)(C)N1CC(c2ccc(F)cc2)[C@@H](C(=O)N2CCC(CN3C(=O)OCC3(C)C)(C3CCCCC3)CC2)C1. The molecule has 216 valence electrons. The lowest BCUT2D eigenvalue weighted by molar-refractivity contribution is -0.139. The van der Waals surface area contributed by atoms with E-state index in [0.29, 0.717) is 12.5 Å². The number of hydrogen-bond donors (Lipinski definition) is 0. The van der Waals surface area contributed by atoms with Crippen molar-refractivity contribution in [2.24, 2.45) is 17.3 Å². The molecule has 1 aromatic carbocycles. The smallest absolute Gasteiger partial charge is 0.410 e. The fraction of sp³-hybridized carbons (Fsp3) is 0.750. The summed E-state index contributed by atoms with van der Waals surface area (Å²) in [6.45, 7) is 15.0. The highest BCUT2D eigenvalue weighted by Crippen LogP contribution is 2.48. The molecule has 5 rings (SSSR count). The van der Waals surface area contributed by atoms with Crippen molar-refractivity contribution in [2.75, 3.05) is 39.3 Å². The standard InChI is InChI=1S/C32H48FN3O3/c1-30(2,3)35-19-26(23-11-13-25(33)14-12-23)27(20-35)28(37)34-17-15-32(16-18-34,24-9-7-6-8-10-24)21-36-29(38)39-22-31(36,4)5/h11-14,24,26-27H,6-10,15-22H2,1-5H3/t26?,27-/m0/s1. The number of piperidine rings is 1. The molecule has 0 radical (unpaired) electrons. The van der Waals surface area contributed by atoms with Gasteiger partial charge >= 0.3 is 6.09 Å². The van der Waals surface area contributed by atoms with Gasteiger partial charge in [-0.1, -0.05) is 31.4 Å². The van der Waals surface area contributed by atoms with Crippen LogP contribution in [0.2, 0.25) is 0 Å². The summed E-state index contributed by atoms with van der Waals surface area (Å²) >= 11 is 0. The van der Waals surface area contributed by atoms with Gasteiger partial charge in [-0.05, 0) is 89.3 Å². The normalized spacial score (nSPS) is 28.1. The highest BCUT2D eigenvalue weighted by atomic mass is 19.1. The van der Waals surface area contributed by atoms with Crippen LogP contribution in [0.5, 0.6) is 0 Å². The number of carbonyl (C=O) groups is 2. The zero-order valence-corrected chi connectivity index (χ0v) is 24.7. The maximum Gasteiger partial charge on any atom is 0.410 e. The van der Waals surface area contributed by atoms with Gasteiger partial charge < -0.3 is 9.64 Å². The van der Waals surface area contributed by atoms with Crippen molar-refractivity contribution < 1.29 is 18.7 Å². The summed E-state index contributed by atoms with van der Waals surface area (Å²) in [4.78, 5) is 33.4. The molecule has 39 heavy (non-hydrogen) atoms. The van der Waals surface area contributed by atoms with Gasteiger partial charge in [-0.15, -0.1) is 0 Å². The Morgan fingerprint density at radius 2 is 1.67 bits per heavy atom. The van der Waals surface area contributed by atoms with Gasteiger partial charge in [0.15, 0.2) is 0 Å². The number of likely N-dealkylation sites (tertiary alicyclic amines) is 2. The van der Waals surface area contributed by atoms with Crippen LogP contribution in [0, 0.1) is 23.1 Å². The van der Waals surface area contributed by atoms with E-state index in [2.05, 4.69) is 44.4 Å². The molecule has 6 nitrogen and oxygen atoms in total. The Balaban J connectivity index is 1.34. The molecule has 2 amide bonds. The molecular weight excluding hydrogens is 493 g/mol. The highest BCUT2D eigenvalue weighted by molar-refractivity contribution is 5.81. The monoisotopic (exact) mass is 541 g/mol. The van der Waals surface area contributed by atoms with Crippen LogP contribution in [0.25, 0.3) is 0 Å². The minimum atomic E-state index is -0.297. The van der Waals surface area contributed by atoms with E-state index in [1.54, 1.807) is 0 Å². The fourth-order valence-corrected chi connectivity index (χ4v) is 7.70. The van der Waals surface area contributed by atoms with Crippen LogP contribution in [0.3, 0.4) is 0 Å². The predicted octanol–water partition coefficient (Wildman–Crippen LogP) is 6.06. The number of cyclic esters (lactones) is 1. The Kier molecular flexibility index (Phi) is 7.77. The molecule has 2 atom stereocenters. The van der Waals surface area contributed by atoms with E-state index in [-0.39, 0.29) is 46.1 Å². The van der Waals surface area contributed by atoms with Crippen molar-refractivity contribution in [3.8, 4) is 0 Å². The molecule has 0 spiro atoms. The van der Waals surface area contributed by atoms with E-state index in [1.807, 2.05) is 17.0 Å². The quantitative estimate of drug-likeness (QED) is 0.455. The van der Waals surface area contributed by atoms with Crippen molar-refractivity contribution in [1.82, 2.24) is 14.7 Å². The van der Waals surface area contributed by atoms with Crippen molar-refractivity contribution in [3.05, 3.63) is 35.6 Å². The first-order valence-corrected chi connectivity index (χ1v) is 15.1. The van der Waals surface area contributed by atoms with Gasteiger partial charge in [0.1, 0.15) is 12.4 Å². The van der Waals surface area contributed by atoms with Crippen molar-refractivity contribution >= 4 is 12.0 Å². The zero-order chi connectivity index (χ0) is 28.0. The number of hydrogen-bond acceptors (Lipinski definition) is 4. The zero-order valence-electron chi connectivity index (χ0n) is 24.7. The summed E-state index contributed by atoms with van der Waals surface area (Å²) in [6.07, 6.45) is 7.91. The lowest BCUT2D eigenvalue weighted by Crippen LogP contribution is -2.55. The second kappa shape index (κ2) is 10.7. The Labute approximate surface area is 234 Å². The van der Waals surface area contributed by atoms with Gasteiger partial charge in [-0.3, -0.25) is 14.6 Å². The lowest BCUT2D eigenvalue weighted by Gasteiger charge is -2.51. The van der Waals surface area contributed by atoms with Crippen LogP contribution >= 0.6 is 0 Å². The fourth-order valence-electron chi connectivity index (χ4n) is 7.70. The van der Waals surface area contributed by atoms with Gasteiger partial charge in [0.25, 0.3) is 0 Å². The molecule has 0 bridgehead atoms. The summed E-state index contributed by atoms with van der Waals surface area (Å²) in [5.41, 5.74) is 0.739. The van der Waals surface area contributed by atoms with Crippen molar-refractivity contribution in [1.29, 1.82) is 0 Å². The van der Waals surface area contributed by atoms with Crippen LogP contribution in [-0.4, -0.2) is 77.1 Å². The second-order valence-corrected chi connectivity index (χ2v) is 14.3. The van der Waals surface area contributed by atoms with Crippen LogP contribution in [-0.2, 0) is 9.53 Å². The minimum absolute atomic E-state index is 0.0291. The van der Waals surface area contributed by atoms with E-state index >= 15 is 0 Å². The molecule has 0 aromatic heterocycles. The van der Waals surface area contributed by atoms with Gasteiger partial charge in [0, 0.05) is 44.2 Å². The van der Waals surface area contributed by atoms with E-state index in [9.17, 15) is 14.0 Å². The van der Waals surface area contributed by atoms with Crippen LogP contribution in [0.4, 0.5) is 9.18 Å². The number of carbonyl (C=O) groups excluding carboxylic acids is 2. The Bertz CT molecular complexity index is 1040. The molecule has 0 N–H and O–H groups in total. The van der Waals surface area contributed by atoms with Crippen LogP contribution in [0.1, 0.15) is 91.0 Å². The average molecular weight is 542 g/mol. The summed E-state index contributed by atoms with van der Waals surface area (Å²) in [5.74, 6) is 0.496. The molecular formula is C32H48FN3O3. The molecule has 1 aliphatic carbocycles. The van der Waals surface area contributed by atoms with Gasteiger partial charge in [0.2, 0.25) is 5.91 Å². The maximum absolute atomic E-state index is 14.2. The molecule has 3 saturated heterocycles. The molecule has 4 fully saturated rings. The summed E-state index contributed by atoms with van der Waals surface area (Å²) in [7, 11) is 0. The maximum atomic E-state index is 14.2. The summed E-state index contributed by atoms with van der Waals surface area (Å²) in [5, 5.41) is 0. The number of amides is 2. The third-order valence-electron chi connectivity index (χ3n) is 10.4. The molecule has 1 aromatic rings. The first-order valence-electron chi connectivity index (χ1n) is 15.1. The predicted molar refractivity (Wildman–Crippen MR) is 151 cm³/mol. The van der Waals surface area contributed by atoms with Crippen LogP contribution < -0.4 is 0 Å². The summed E-state index contributed by atoms with van der Waals surface area (Å²) < 4.78 is 19.2. The van der Waals surface area contributed by atoms with Gasteiger partial charge in [-0.25, -0.2) is 9.18 Å². The number of ether oxygens (including phenoxy) is 1. The first kappa shape index (κ1) is 28.4. The Hall–Kier alpha value is -2.15. The molecule has 3 aliphatic heterocycles. The Morgan fingerprint density at radius 1 is 1.03 bits per heavy atom. The summed E-state index contributed by atoms with van der Waals surface area (Å²) in [6, 6.07) is 6.74. The van der Waals surface area contributed by atoms with E-state index < -0.39 is 0 Å². The number of benzene rings is 1. The third-order valence-corrected chi connectivity index (χ3v) is 10.4. The average Bonchev–Trinajstić information content (AvgIpc) is 3.47. The minimum Gasteiger partial charge on any atom is -0.447 e. The molecule has 3 heterocycles. The van der Waals surface area contributed by atoms with E-state index in [0.717, 1.165) is 51.1 Å². The Morgan fingerprint density at radius 3 is 2.23 bits per heavy atom. The molecule has 1 unspecified atom stereocenters. The first-order chi connectivity index (χ1) is 18.4. The van der Waals surface area contributed by atoms with Crippen LogP contribution in [0.15, 0.2) is 24.3 Å². The molecule has 1 saturated carbocycles. The van der Waals surface area contributed by atoms with Gasteiger partial charge in [0.05, 0.1) is 11.5 Å². The highest BCUT2D eigenvalue weighted by Gasteiger charge is 2.50. The number of nitrogens with zero attached hydrogens (tertiary/aromatic N) is 3. The van der Waals surface area contributed by atoms with Crippen molar-refractivity contribution in [3.63, 3.8) is 0 Å². The topological polar surface area (TPSA) is 53.1 Å². The van der Waals surface area contributed by atoms with E-state index in [1.165, 1.54) is 44.2 Å². The van der Waals surface area contributed by atoms with E-state index in [4.69, 9.17) is 4.74 Å². The lowest BCUT2D eigenvalue weighted by atomic mass is 9.63. The van der Waals surface area contributed by atoms with Crippen molar-refractivity contribution in [2.45, 2.75) is 96.6 Å². The molecule has 7 heteroatoms. The third kappa shape index (κ3) is 5.71. The van der Waals surface area contributed by atoms with Gasteiger partial charge in [-0.2, -0.15) is 0 Å². The largest absolute Gasteiger partial charge is 0.447 e. The second-order valence-electron chi connectivity index (χ2n) is 14.3. The number of halogens is 1. The molecule has 4 aliphatic rings.